The van der Waals surface area contributed by atoms with E-state index in [4.69, 9.17) is 0 Å². The molecule has 0 aromatic carbocycles. The molecule has 4 nitrogen and oxygen atoms in total. The first-order valence-electron chi connectivity index (χ1n) is 7.54. The molecule has 0 saturated heterocycles. The number of rotatable bonds is 1. The first-order chi connectivity index (χ1) is 9.27. The smallest absolute Gasteiger partial charge is 0.159 e. The predicted molar refractivity (Wildman–Crippen MR) is 73.9 cm³/mol. The molecule has 112 valence electrons. The van der Waals surface area contributed by atoms with Crippen molar-refractivity contribution in [2.24, 2.45) is 17.3 Å². The summed E-state index contributed by atoms with van der Waals surface area (Å²) in [5.74, 6) is -0.0298. The normalized spacial score (nSPS) is 48.2. The summed E-state index contributed by atoms with van der Waals surface area (Å²) in [6, 6.07) is 0. The number of aliphatic hydroxyl groups is 3. The number of hydrogen-bond donors (Lipinski definition) is 3. The Bertz CT molecular complexity index is 479. The zero-order valence-corrected chi connectivity index (χ0v) is 12.2. The van der Waals surface area contributed by atoms with E-state index in [1.54, 1.807) is 6.92 Å². The molecule has 20 heavy (non-hydrogen) atoms. The van der Waals surface area contributed by atoms with Crippen molar-refractivity contribution in [3.05, 3.63) is 11.1 Å². The molecule has 0 heterocycles. The number of carbonyl (C=O) groups is 1. The quantitative estimate of drug-likeness (QED) is 0.674. The maximum Gasteiger partial charge on any atom is 0.159 e. The lowest BCUT2D eigenvalue weighted by Gasteiger charge is -2.34. The second-order valence-corrected chi connectivity index (χ2v) is 7.55. The topological polar surface area (TPSA) is 77.8 Å². The first-order valence-corrected chi connectivity index (χ1v) is 7.54. The fourth-order valence-electron chi connectivity index (χ4n) is 4.63. The van der Waals surface area contributed by atoms with Crippen LogP contribution < -0.4 is 0 Å². The van der Waals surface area contributed by atoms with Crippen LogP contribution in [-0.4, -0.2) is 39.4 Å². The molecule has 4 heteroatoms. The number of Topliss-reactive ketones (excluding diaryl/α,β-unsaturated/α-hetero) is 1. The third-order valence-corrected chi connectivity index (χ3v) is 5.78. The van der Waals surface area contributed by atoms with Gasteiger partial charge in [-0.2, -0.15) is 0 Å². The summed E-state index contributed by atoms with van der Waals surface area (Å²) in [6.07, 6.45) is 2.21. The second kappa shape index (κ2) is 4.39. The zero-order valence-electron chi connectivity index (χ0n) is 12.2. The summed E-state index contributed by atoms with van der Waals surface area (Å²) in [5, 5.41) is 31.2. The van der Waals surface area contributed by atoms with Crippen molar-refractivity contribution in [3.63, 3.8) is 0 Å². The van der Waals surface area contributed by atoms with Gasteiger partial charge in [0.1, 0.15) is 0 Å². The molecule has 0 aliphatic heterocycles. The molecular formula is C16H24O4. The minimum absolute atomic E-state index is 0.0550. The van der Waals surface area contributed by atoms with Gasteiger partial charge in [-0.05, 0) is 54.6 Å². The Kier molecular flexibility index (Phi) is 3.13. The number of carbonyl (C=O) groups excluding carboxylic acids is 1. The van der Waals surface area contributed by atoms with E-state index in [2.05, 4.69) is 0 Å². The molecule has 5 atom stereocenters. The van der Waals surface area contributed by atoms with Crippen molar-refractivity contribution >= 4 is 5.78 Å². The molecule has 3 N–H and O–H groups in total. The number of ketones is 1. The maximum absolute atomic E-state index is 12.0. The van der Waals surface area contributed by atoms with Gasteiger partial charge in [-0.15, -0.1) is 0 Å². The van der Waals surface area contributed by atoms with Crippen LogP contribution in [0.4, 0.5) is 0 Å². The minimum Gasteiger partial charge on any atom is -0.396 e. The van der Waals surface area contributed by atoms with Crippen LogP contribution in [0.15, 0.2) is 11.1 Å². The highest BCUT2D eigenvalue weighted by molar-refractivity contribution is 5.99. The number of hydrogen-bond acceptors (Lipinski definition) is 4. The van der Waals surface area contributed by atoms with Crippen LogP contribution in [-0.2, 0) is 4.79 Å². The number of fused-ring (bicyclic) bond motifs is 1. The molecule has 0 spiro atoms. The Morgan fingerprint density at radius 1 is 1.25 bits per heavy atom. The highest BCUT2D eigenvalue weighted by Crippen LogP contribution is 2.55. The van der Waals surface area contributed by atoms with Crippen molar-refractivity contribution in [3.8, 4) is 0 Å². The van der Waals surface area contributed by atoms with E-state index >= 15 is 0 Å². The lowest BCUT2D eigenvalue weighted by Crippen LogP contribution is -2.39. The molecule has 0 amide bonds. The van der Waals surface area contributed by atoms with Crippen LogP contribution in [0.1, 0.15) is 46.0 Å². The van der Waals surface area contributed by atoms with E-state index in [9.17, 15) is 20.1 Å². The van der Waals surface area contributed by atoms with E-state index < -0.39 is 11.7 Å². The third-order valence-electron chi connectivity index (χ3n) is 5.78. The SMILES string of the molecule is C[C@@]1(CO)C[C@H]2[C@H](O)C3=C(C[C@](C)(O)[C@H]2C1)C(=O)CC3. The van der Waals surface area contributed by atoms with Gasteiger partial charge in [0, 0.05) is 19.4 Å². The molecule has 3 rings (SSSR count). The Hall–Kier alpha value is -0.710. The molecule has 1 fully saturated rings. The van der Waals surface area contributed by atoms with Gasteiger partial charge in [-0.3, -0.25) is 4.79 Å². The van der Waals surface area contributed by atoms with Crippen LogP contribution in [0, 0.1) is 17.3 Å². The zero-order chi connectivity index (χ0) is 14.7. The highest BCUT2D eigenvalue weighted by Gasteiger charge is 2.55. The van der Waals surface area contributed by atoms with E-state index in [1.165, 1.54) is 0 Å². The second-order valence-electron chi connectivity index (χ2n) is 7.55. The fraction of sp³-hybridized carbons (Fsp3) is 0.812. The molecular weight excluding hydrogens is 256 g/mol. The standard InChI is InChI=1S/C16H24O4/c1-15(8-17)5-11-12(7-15)16(2,20)6-10-9(14(11)19)3-4-13(10)18/h11-12,14,17,19-20H,3-8H2,1-2H3/t11-,12+,14-,15-,16+/m1/s1. The van der Waals surface area contributed by atoms with Gasteiger partial charge in [-0.25, -0.2) is 0 Å². The van der Waals surface area contributed by atoms with Crippen molar-refractivity contribution in [1.29, 1.82) is 0 Å². The van der Waals surface area contributed by atoms with Gasteiger partial charge in [0.25, 0.3) is 0 Å². The number of aliphatic hydroxyl groups excluding tert-OH is 2. The van der Waals surface area contributed by atoms with Crippen molar-refractivity contribution in [1.82, 2.24) is 0 Å². The van der Waals surface area contributed by atoms with Gasteiger partial charge >= 0.3 is 0 Å². The summed E-state index contributed by atoms with van der Waals surface area (Å²) < 4.78 is 0. The molecule has 0 aromatic rings. The molecule has 0 aromatic heterocycles. The van der Waals surface area contributed by atoms with Gasteiger partial charge < -0.3 is 15.3 Å². The monoisotopic (exact) mass is 280 g/mol. The minimum atomic E-state index is -0.977. The van der Waals surface area contributed by atoms with Gasteiger partial charge in [-0.1, -0.05) is 6.92 Å². The van der Waals surface area contributed by atoms with Crippen LogP contribution in [0.3, 0.4) is 0 Å². The fourth-order valence-corrected chi connectivity index (χ4v) is 4.63. The lowest BCUT2D eigenvalue weighted by atomic mass is 9.77. The molecule has 3 aliphatic rings. The van der Waals surface area contributed by atoms with Crippen molar-refractivity contribution in [2.45, 2.75) is 57.7 Å². The summed E-state index contributed by atoms with van der Waals surface area (Å²) in [5.41, 5.74) is 0.309. The van der Waals surface area contributed by atoms with Crippen molar-refractivity contribution < 1.29 is 20.1 Å². The maximum atomic E-state index is 12.0. The molecule has 0 unspecified atom stereocenters. The molecule has 3 aliphatic carbocycles. The first kappa shape index (κ1) is 14.2. The molecule has 0 bridgehead atoms. The lowest BCUT2D eigenvalue weighted by molar-refractivity contribution is -0.116. The van der Waals surface area contributed by atoms with Gasteiger partial charge in [0.05, 0.1) is 11.7 Å². The van der Waals surface area contributed by atoms with Gasteiger partial charge in [0.15, 0.2) is 5.78 Å². The molecule has 1 saturated carbocycles. The Morgan fingerprint density at radius 2 is 1.95 bits per heavy atom. The summed E-state index contributed by atoms with van der Waals surface area (Å²) in [4.78, 5) is 12.0. The van der Waals surface area contributed by atoms with E-state index in [1.807, 2.05) is 6.92 Å². The van der Waals surface area contributed by atoms with E-state index in [-0.39, 0.29) is 29.6 Å². The predicted octanol–water partition coefficient (Wildman–Crippen LogP) is 1.19. The van der Waals surface area contributed by atoms with Crippen LogP contribution in [0.5, 0.6) is 0 Å². The average molecular weight is 280 g/mol. The molecule has 0 radical (unpaired) electrons. The Morgan fingerprint density at radius 3 is 2.60 bits per heavy atom. The average Bonchev–Trinajstić information content (AvgIpc) is 2.90. The van der Waals surface area contributed by atoms with Crippen LogP contribution in [0.25, 0.3) is 0 Å². The van der Waals surface area contributed by atoms with E-state index in [0.29, 0.717) is 37.7 Å². The van der Waals surface area contributed by atoms with Crippen LogP contribution >= 0.6 is 0 Å². The summed E-state index contributed by atoms with van der Waals surface area (Å²) in [6.45, 7) is 3.87. The Balaban J connectivity index is 2.01. The van der Waals surface area contributed by atoms with Gasteiger partial charge in [0.2, 0.25) is 0 Å². The third kappa shape index (κ3) is 1.97. The highest BCUT2D eigenvalue weighted by atomic mass is 16.3. The van der Waals surface area contributed by atoms with E-state index in [0.717, 1.165) is 5.57 Å². The largest absolute Gasteiger partial charge is 0.396 e. The van der Waals surface area contributed by atoms with Crippen molar-refractivity contribution in [2.75, 3.05) is 6.61 Å². The van der Waals surface area contributed by atoms with Crippen LogP contribution in [0.2, 0.25) is 0 Å². The summed E-state index contributed by atoms with van der Waals surface area (Å²) >= 11 is 0. The Labute approximate surface area is 119 Å². The summed E-state index contributed by atoms with van der Waals surface area (Å²) in [7, 11) is 0.